The standard InChI is InChI=1S/C13H22O2/c14-10-5-1-2-6-12-7-3-4-8-13(12)9-11-15/h9,11-12,14H,1-8,10H2. The van der Waals surface area contributed by atoms with Crippen molar-refractivity contribution in [2.45, 2.75) is 51.4 Å². The van der Waals surface area contributed by atoms with Crippen molar-refractivity contribution in [3.63, 3.8) is 0 Å². The van der Waals surface area contributed by atoms with Crippen LogP contribution in [0.1, 0.15) is 51.4 Å². The monoisotopic (exact) mass is 210 g/mol. The topological polar surface area (TPSA) is 37.3 Å². The van der Waals surface area contributed by atoms with Gasteiger partial charge in [-0.15, -0.1) is 0 Å². The van der Waals surface area contributed by atoms with Gasteiger partial charge in [-0.3, -0.25) is 4.79 Å². The van der Waals surface area contributed by atoms with E-state index < -0.39 is 0 Å². The molecule has 15 heavy (non-hydrogen) atoms. The van der Waals surface area contributed by atoms with Crippen molar-refractivity contribution in [2.75, 3.05) is 6.61 Å². The second-order valence-corrected chi connectivity index (χ2v) is 4.39. The molecule has 1 unspecified atom stereocenters. The molecule has 1 atom stereocenters. The first-order valence-corrected chi connectivity index (χ1v) is 6.13. The number of carbonyl (C=O) groups excluding carboxylic acids is 1. The van der Waals surface area contributed by atoms with Gasteiger partial charge < -0.3 is 5.11 Å². The maximum absolute atomic E-state index is 10.5. The number of hydrogen-bond donors (Lipinski definition) is 1. The molecule has 2 nitrogen and oxygen atoms in total. The summed E-state index contributed by atoms with van der Waals surface area (Å²) < 4.78 is 0. The van der Waals surface area contributed by atoms with Crippen LogP contribution >= 0.6 is 0 Å². The Bertz CT molecular complexity index is 209. The molecule has 1 aliphatic carbocycles. The van der Waals surface area contributed by atoms with Crippen molar-refractivity contribution in [1.82, 2.24) is 0 Å². The zero-order valence-corrected chi connectivity index (χ0v) is 9.45. The first kappa shape index (κ1) is 12.4. The van der Waals surface area contributed by atoms with Gasteiger partial charge in [-0.25, -0.2) is 0 Å². The molecule has 0 radical (unpaired) electrons. The van der Waals surface area contributed by atoms with Crippen molar-refractivity contribution in [2.24, 2.45) is 5.92 Å². The molecule has 0 aliphatic heterocycles. The van der Waals surface area contributed by atoms with E-state index in [-0.39, 0.29) is 0 Å². The molecule has 1 saturated carbocycles. The van der Waals surface area contributed by atoms with Crippen LogP contribution in [0.4, 0.5) is 0 Å². The minimum atomic E-state index is 0.307. The third-order valence-corrected chi connectivity index (χ3v) is 3.29. The fraction of sp³-hybridized carbons (Fsp3) is 0.769. The van der Waals surface area contributed by atoms with Gasteiger partial charge in [0.2, 0.25) is 0 Å². The summed E-state index contributed by atoms with van der Waals surface area (Å²) in [6.45, 7) is 0.307. The zero-order chi connectivity index (χ0) is 10.9. The largest absolute Gasteiger partial charge is 0.396 e. The van der Waals surface area contributed by atoms with Gasteiger partial charge in [0.1, 0.15) is 6.29 Å². The van der Waals surface area contributed by atoms with Gasteiger partial charge in [0.15, 0.2) is 0 Å². The molecule has 1 N–H and O–H groups in total. The van der Waals surface area contributed by atoms with Crippen molar-refractivity contribution < 1.29 is 9.90 Å². The van der Waals surface area contributed by atoms with Gasteiger partial charge in [0, 0.05) is 6.61 Å². The molecular weight excluding hydrogens is 188 g/mol. The number of aliphatic hydroxyl groups excluding tert-OH is 1. The maximum Gasteiger partial charge on any atom is 0.142 e. The quantitative estimate of drug-likeness (QED) is 0.416. The molecule has 0 amide bonds. The highest BCUT2D eigenvalue weighted by Gasteiger charge is 2.17. The van der Waals surface area contributed by atoms with Gasteiger partial charge in [-0.1, -0.05) is 24.8 Å². The molecule has 86 valence electrons. The average Bonchev–Trinajstić information content (AvgIpc) is 2.27. The third-order valence-electron chi connectivity index (χ3n) is 3.29. The van der Waals surface area contributed by atoms with Gasteiger partial charge in [-0.05, 0) is 44.1 Å². The Kier molecular flexibility index (Phi) is 6.33. The second kappa shape index (κ2) is 7.63. The molecule has 0 aromatic rings. The van der Waals surface area contributed by atoms with Crippen LogP contribution in [0.15, 0.2) is 11.6 Å². The second-order valence-electron chi connectivity index (χ2n) is 4.39. The first-order valence-electron chi connectivity index (χ1n) is 6.13. The van der Waals surface area contributed by atoms with Crippen LogP contribution in [0.25, 0.3) is 0 Å². The first-order chi connectivity index (χ1) is 7.38. The van der Waals surface area contributed by atoms with Crippen LogP contribution in [-0.2, 0) is 4.79 Å². The highest BCUT2D eigenvalue weighted by atomic mass is 16.2. The Morgan fingerprint density at radius 1 is 1.27 bits per heavy atom. The molecule has 1 fully saturated rings. The van der Waals surface area contributed by atoms with E-state index in [1.165, 1.54) is 37.7 Å². The Morgan fingerprint density at radius 2 is 2.13 bits per heavy atom. The lowest BCUT2D eigenvalue weighted by atomic mass is 9.81. The molecule has 2 heteroatoms. The van der Waals surface area contributed by atoms with E-state index in [1.807, 2.05) is 0 Å². The van der Waals surface area contributed by atoms with Crippen LogP contribution in [0.2, 0.25) is 0 Å². The molecule has 0 heterocycles. The van der Waals surface area contributed by atoms with Gasteiger partial charge in [0.25, 0.3) is 0 Å². The van der Waals surface area contributed by atoms with Crippen LogP contribution in [0.3, 0.4) is 0 Å². The highest BCUT2D eigenvalue weighted by Crippen LogP contribution is 2.32. The lowest BCUT2D eigenvalue weighted by molar-refractivity contribution is -0.104. The van der Waals surface area contributed by atoms with E-state index in [2.05, 4.69) is 0 Å². The van der Waals surface area contributed by atoms with E-state index in [0.29, 0.717) is 12.5 Å². The Labute approximate surface area is 92.4 Å². The summed E-state index contributed by atoms with van der Waals surface area (Å²) in [5, 5.41) is 8.68. The molecule has 0 aromatic carbocycles. The van der Waals surface area contributed by atoms with Crippen molar-refractivity contribution in [1.29, 1.82) is 0 Å². The fourth-order valence-electron chi connectivity index (χ4n) is 2.43. The smallest absolute Gasteiger partial charge is 0.142 e. The predicted molar refractivity (Wildman–Crippen MR) is 61.7 cm³/mol. The van der Waals surface area contributed by atoms with Crippen molar-refractivity contribution in [3.05, 3.63) is 11.6 Å². The maximum atomic E-state index is 10.5. The summed E-state index contributed by atoms with van der Waals surface area (Å²) in [6.07, 6.45) is 12.0. The number of hydrogen-bond acceptors (Lipinski definition) is 2. The minimum absolute atomic E-state index is 0.307. The summed E-state index contributed by atoms with van der Waals surface area (Å²) >= 11 is 0. The number of carbonyl (C=O) groups is 1. The number of aldehydes is 1. The fourth-order valence-corrected chi connectivity index (χ4v) is 2.43. The number of allylic oxidation sites excluding steroid dienone is 2. The predicted octanol–water partition coefficient (Wildman–Crippen LogP) is 2.85. The van der Waals surface area contributed by atoms with Crippen LogP contribution < -0.4 is 0 Å². The van der Waals surface area contributed by atoms with Crippen LogP contribution in [0, 0.1) is 5.92 Å². The van der Waals surface area contributed by atoms with E-state index >= 15 is 0 Å². The van der Waals surface area contributed by atoms with Gasteiger partial charge in [0.05, 0.1) is 0 Å². The Morgan fingerprint density at radius 3 is 2.87 bits per heavy atom. The van der Waals surface area contributed by atoms with E-state index in [9.17, 15) is 4.79 Å². The zero-order valence-electron chi connectivity index (χ0n) is 9.45. The lowest BCUT2D eigenvalue weighted by Gasteiger charge is -2.24. The number of rotatable bonds is 6. The van der Waals surface area contributed by atoms with E-state index in [1.54, 1.807) is 6.08 Å². The molecule has 1 rings (SSSR count). The van der Waals surface area contributed by atoms with Crippen molar-refractivity contribution >= 4 is 6.29 Å². The normalized spacial score (nSPS) is 24.3. The molecule has 0 spiro atoms. The van der Waals surface area contributed by atoms with Gasteiger partial charge >= 0.3 is 0 Å². The molecule has 1 aliphatic rings. The lowest BCUT2D eigenvalue weighted by Crippen LogP contribution is -2.10. The molecule has 0 bridgehead atoms. The highest BCUT2D eigenvalue weighted by molar-refractivity contribution is 5.66. The number of aliphatic hydroxyl groups is 1. The van der Waals surface area contributed by atoms with Gasteiger partial charge in [-0.2, -0.15) is 0 Å². The van der Waals surface area contributed by atoms with E-state index in [4.69, 9.17) is 5.11 Å². The molecular formula is C13H22O2. The summed E-state index contributed by atoms with van der Waals surface area (Å²) in [4.78, 5) is 10.5. The SMILES string of the molecule is O=CC=C1CCCCC1CCCCCO. The van der Waals surface area contributed by atoms with Crippen LogP contribution in [-0.4, -0.2) is 18.0 Å². The average molecular weight is 210 g/mol. The summed E-state index contributed by atoms with van der Waals surface area (Å²) in [6, 6.07) is 0. The van der Waals surface area contributed by atoms with Crippen LogP contribution in [0.5, 0.6) is 0 Å². The Balaban J connectivity index is 2.29. The Hall–Kier alpha value is -0.630. The third kappa shape index (κ3) is 4.61. The minimum Gasteiger partial charge on any atom is -0.396 e. The molecule has 0 saturated heterocycles. The number of unbranched alkanes of at least 4 members (excludes halogenated alkanes) is 2. The van der Waals surface area contributed by atoms with Crippen molar-refractivity contribution in [3.8, 4) is 0 Å². The van der Waals surface area contributed by atoms with E-state index in [0.717, 1.165) is 25.5 Å². The summed E-state index contributed by atoms with van der Waals surface area (Å²) in [5.74, 6) is 0.641. The summed E-state index contributed by atoms with van der Waals surface area (Å²) in [7, 11) is 0. The summed E-state index contributed by atoms with van der Waals surface area (Å²) in [5.41, 5.74) is 1.36. The molecule has 0 aromatic heterocycles.